The van der Waals surface area contributed by atoms with Gasteiger partial charge in [-0.2, -0.15) is 0 Å². The van der Waals surface area contributed by atoms with Gasteiger partial charge in [0.2, 0.25) is 0 Å². The minimum absolute atomic E-state index is 0.0312. The van der Waals surface area contributed by atoms with E-state index in [9.17, 15) is 14.4 Å². The molecule has 4 heterocycles. The van der Waals surface area contributed by atoms with Crippen molar-refractivity contribution in [1.29, 1.82) is 0 Å². The quantitative estimate of drug-likeness (QED) is 0.609. The van der Waals surface area contributed by atoms with Gasteiger partial charge in [0, 0.05) is 54.3 Å². The minimum Gasteiger partial charge on any atom is -0.484 e. The van der Waals surface area contributed by atoms with E-state index in [1.165, 1.54) is 0 Å². The van der Waals surface area contributed by atoms with Gasteiger partial charge in [-0.25, -0.2) is 4.79 Å². The van der Waals surface area contributed by atoms with Crippen molar-refractivity contribution in [3.05, 3.63) is 74.0 Å². The number of amides is 1. The Morgan fingerprint density at radius 3 is 2.77 bits per heavy atom. The molecule has 2 aromatic heterocycles. The van der Waals surface area contributed by atoms with Gasteiger partial charge in [0.15, 0.2) is 6.61 Å². The van der Waals surface area contributed by atoms with Gasteiger partial charge < -0.3 is 18.6 Å². The summed E-state index contributed by atoms with van der Waals surface area (Å²) in [6.45, 7) is 5.42. The first-order valence-electron chi connectivity index (χ1n) is 10.5. The number of nitrogens with zero attached hydrogens (tertiary/aromatic N) is 2. The third-order valence-electron chi connectivity index (χ3n) is 6.62. The van der Waals surface area contributed by atoms with E-state index in [2.05, 4.69) is 0 Å². The number of rotatable bonds is 3. The number of hydrogen-bond acceptors (Lipinski definition) is 5. The minimum atomic E-state index is -0.363. The van der Waals surface area contributed by atoms with Crippen LogP contribution in [-0.4, -0.2) is 35.1 Å². The maximum atomic E-state index is 12.9. The molecule has 31 heavy (non-hydrogen) atoms. The fourth-order valence-corrected chi connectivity index (χ4v) is 4.85. The SMILES string of the molecule is Cc1c(C)c2ccc(OCC(=O)N3C[C@H]4C[C@H](C3)c3cccc(=O)n3C4)cc2oc1=O. The Balaban J connectivity index is 1.30. The van der Waals surface area contributed by atoms with Crippen molar-refractivity contribution in [2.75, 3.05) is 19.7 Å². The van der Waals surface area contributed by atoms with Crippen molar-refractivity contribution in [3.63, 3.8) is 0 Å². The Morgan fingerprint density at radius 1 is 1.10 bits per heavy atom. The zero-order valence-electron chi connectivity index (χ0n) is 17.6. The molecule has 0 spiro atoms. The number of aryl methyl sites for hydroxylation is 1. The van der Waals surface area contributed by atoms with Crippen LogP contribution < -0.4 is 15.9 Å². The summed E-state index contributed by atoms with van der Waals surface area (Å²) in [5.74, 6) is 0.854. The van der Waals surface area contributed by atoms with Crippen LogP contribution in [0, 0.1) is 19.8 Å². The highest BCUT2D eigenvalue weighted by Crippen LogP contribution is 2.35. The molecule has 1 saturated heterocycles. The highest BCUT2D eigenvalue weighted by atomic mass is 16.5. The molecular weight excluding hydrogens is 396 g/mol. The number of aromatic nitrogens is 1. The molecule has 160 valence electrons. The molecule has 0 saturated carbocycles. The van der Waals surface area contributed by atoms with Gasteiger partial charge >= 0.3 is 5.63 Å². The predicted molar refractivity (Wildman–Crippen MR) is 116 cm³/mol. The smallest absolute Gasteiger partial charge is 0.339 e. The van der Waals surface area contributed by atoms with Gasteiger partial charge in [0.05, 0.1) is 0 Å². The number of hydrogen-bond donors (Lipinski definition) is 0. The van der Waals surface area contributed by atoms with Crippen molar-refractivity contribution in [2.45, 2.75) is 32.7 Å². The van der Waals surface area contributed by atoms with Gasteiger partial charge in [-0.1, -0.05) is 6.07 Å². The van der Waals surface area contributed by atoms with Gasteiger partial charge in [-0.3, -0.25) is 9.59 Å². The molecule has 2 aliphatic heterocycles. The standard InChI is InChI=1S/C24H24N2O5/c1-14-15(2)24(29)31-21-9-18(6-7-19(14)21)30-13-23(28)25-10-16-8-17(12-25)20-4-3-5-22(27)26(20)11-16/h3-7,9,16-17H,8,10-13H2,1-2H3/t16-,17-/m1/s1. The summed E-state index contributed by atoms with van der Waals surface area (Å²) < 4.78 is 13.0. The first-order chi connectivity index (χ1) is 14.9. The number of likely N-dealkylation sites (tertiary alicyclic amines) is 1. The van der Waals surface area contributed by atoms with Crippen molar-refractivity contribution in [3.8, 4) is 5.75 Å². The fourth-order valence-electron chi connectivity index (χ4n) is 4.85. The summed E-state index contributed by atoms with van der Waals surface area (Å²) in [6, 6.07) is 10.7. The van der Waals surface area contributed by atoms with Crippen LogP contribution in [0.1, 0.15) is 29.2 Å². The molecule has 5 rings (SSSR count). The molecule has 2 bridgehead atoms. The van der Waals surface area contributed by atoms with E-state index < -0.39 is 0 Å². The van der Waals surface area contributed by atoms with E-state index >= 15 is 0 Å². The molecule has 1 fully saturated rings. The summed E-state index contributed by atoms with van der Waals surface area (Å²) in [7, 11) is 0. The Bertz CT molecular complexity index is 1310. The summed E-state index contributed by atoms with van der Waals surface area (Å²) in [5, 5.41) is 0.855. The molecular formula is C24H24N2O5. The Hall–Kier alpha value is -3.35. The maximum Gasteiger partial charge on any atom is 0.339 e. The van der Waals surface area contributed by atoms with Crippen molar-refractivity contribution in [1.82, 2.24) is 9.47 Å². The lowest BCUT2D eigenvalue weighted by Gasteiger charge is -2.42. The van der Waals surface area contributed by atoms with Gasteiger partial charge in [0.25, 0.3) is 11.5 Å². The Kier molecular flexibility index (Phi) is 4.68. The van der Waals surface area contributed by atoms with E-state index in [-0.39, 0.29) is 35.5 Å². The molecule has 0 N–H and O–H groups in total. The molecule has 7 heteroatoms. The Labute approximate surface area is 178 Å². The van der Waals surface area contributed by atoms with Crippen LogP contribution in [0.15, 0.2) is 50.4 Å². The molecule has 2 atom stereocenters. The summed E-state index contributed by atoms with van der Waals surface area (Å²) >= 11 is 0. The van der Waals surface area contributed by atoms with Crippen LogP contribution in [0.2, 0.25) is 0 Å². The van der Waals surface area contributed by atoms with Crippen LogP contribution in [0.25, 0.3) is 11.0 Å². The molecule has 0 unspecified atom stereocenters. The van der Waals surface area contributed by atoms with Crippen LogP contribution in [0.3, 0.4) is 0 Å². The summed E-state index contributed by atoms with van der Waals surface area (Å²) in [4.78, 5) is 38.8. The first-order valence-corrected chi connectivity index (χ1v) is 10.5. The van der Waals surface area contributed by atoms with Crippen LogP contribution in [0.4, 0.5) is 0 Å². The molecule has 1 aromatic carbocycles. The summed E-state index contributed by atoms with van der Waals surface area (Å²) in [5.41, 5.74) is 2.61. The number of pyridine rings is 1. The van der Waals surface area contributed by atoms with Crippen molar-refractivity contribution >= 4 is 16.9 Å². The van der Waals surface area contributed by atoms with Crippen LogP contribution >= 0.6 is 0 Å². The lowest BCUT2D eigenvalue weighted by molar-refractivity contribution is -0.136. The van der Waals surface area contributed by atoms with E-state index in [0.717, 1.165) is 23.1 Å². The highest BCUT2D eigenvalue weighted by molar-refractivity contribution is 5.82. The second kappa shape index (κ2) is 7.41. The molecule has 1 amide bonds. The first kappa shape index (κ1) is 19.6. The van der Waals surface area contributed by atoms with Crippen molar-refractivity contribution in [2.24, 2.45) is 5.92 Å². The topological polar surface area (TPSA) is 81.8 Å². The fraction of sp³-hybridized carbons (Fsp3) is 0.375. The Morgan fingerprint density at radius 2 is 1.94 bits per heavy atom. The van der Waals surface area contributed by atoms with Crippen LogP contribution in [-0.2, 0) is 11.3 Å². The number of carbonyl (C=O) groups is 1. The average Bonchev–Trinajstić information content (AvgIpc) is 2.76. The lowest BCUT2D eigenvalue weighted by atomic mass is 9.83. The monoisotopic (exact) mass is 420 g/mol. The van der Waals surface area contributed by atoms with E-state index in [4.69, 9.17) is 9.15 Å². The van der Waals surface area contributed by atoms with Gasteiger partial charge in [0.1, 0.15) is 11.3 Å². The largest absolute Gasteiger partial charge is 0.484 e. The number of piperidine rings is 1. The number of carbonyl (C=O) groups excluding carboxylic acids is 1. The predicted octanol–water partition coefficient (Wildman–Crippen LogP) is 2.60. The molecule has 0 radical (unpaired) electrons. The zero-order valence-corrected chi connectivity index (χ0v) is 17.6. The van der Waals surface area contributed by atoms with E-state index in [1.807, 2.05) is 28.5 Å². The third-order valence-corrected chi connectivity index (χ3v) is 6.62. The van der Waals surface area contributed by atoms with E-state index in [0.29, 0.717) is 36.5 Å². The van der Waals surface area contributed by atoms with E-state index in [1.54, 1.807) is 31.2 Å². The maximum absolute atomic E-state index is 12.9. The zero-order chi connectivity index (χ0) is 21.7. The average molecular weight is 420 g/mol. The number of benzene rings is 1. The molecule has 3 aromatic rings. The molecule has 2 aliphatic rings. The van der Waals surface area contributed by atoms with Crippen molar-refractivity contribution < 1.29 is 13.9 Å². The normalized spacial score (nSPS) is 19.9. The summed E-state index contributed by atoms with van der Waals surface area (Å²) in [6.07, 6.45) is 0.997. The number of fused-ring (bicyclic) bond motifs is 5. The molecule has 0 aliphatic carbocycles. The van der Waals surface area contributed by atoms with Crippen LogP contribution in [0.5, 0.6) is 5.75 Å². The van der Waals surface area contributed by atoms with Gasteiger partial charge in [-0.05, 0) is 49.9 Å². The van der Waals surface area contributed by atoms with Gasteiger partial charge in [-0.15, -0.1) is 0 Å². The highest BCUT2D eigenvalue weighted by Gasteiger charge is 2.36. The third kappa shape index (κ3) is 3.44. The second-order valence-corrected chi connectivity index (χ2v) is 8.58. The number of ether oxygens (including phenoxy) is 1. The second-order valence-electron chi connectivity index (χ2n) is 8.58. The lowest BCUT2D eigenvalue weighted by Crippen LogP contribution is -2.50. The molecule has 7 nitrogen and oxygen atoms in total.